The first-order valence-electron chi connectivity index (χ1n) is 8.65. The molecule has 2 saturated carbocycles. The lowest BCUT2D eigenvalue weighted by Crippen LogP contribution is -2.26. The molecule has 2 nitrogen and oxygen atoms in total. The van der Waals surface area contributed by atoms with E-state index >= 15 is 0 Å². The fourth-order valence-corrected chi connectivity index (χ4v) is 5.39. The molecule has 4 fully saturated rings. The Labute approximate surface area is 139 Å². The molecule has 2 saturated heterocycles. The van der Waals surface area contributed by atoms with Crippen molar-refractivity contribution in [3.8, 4) is 0 Å². The molecule has 0 bridgehead atoms. The summed E-state index contributed by atoms with van der Waals surface area (Å²) < 4.78 is 0. The molecule has 0 aromatic heterocycles. The Balaban J connectivity index is 0.000000126. The van der Waals surface area contributed by atoms with E-state index in [9.17, 15) is 0 Å². The maximum atomic E-state index is 5.16. The second-order valence-corrected chi connectivity index (χ2v) is 8.66. The van der Waals surface area contributed by atoms with Crippen molar-refractivity contribution in [2.45, 2.75) is 70.6 Å². The normalized spacial score (nSPS) is 29.1. The van der Waals surface area contributed by atoms with Gasteiger partial charge in [-0.05, 0) is 36.5 Å². The first-order valence-corrected chi connectivity index (χ1v) is 9.47. The van der Waals surface area contributed by atoms with Crippen molar-refractivity contribution in [1.29, 1.82) is 0 Å². The molecule has 0 radical (unpaired) electrons. The Morgan fingerprint density at radius 2 is 1.00 bits per heavy atom. The fraction of sp³-hybridized carbons (Fsp3) is 0.882. The number of rotatable bonds is 0. The summed E-state index contributed by atoms with van der Waals surface area (Å²) in [6.45, 7) is 2.32. The van der Waals surface area contributed by atoms with Gasteiger partial charge in [0.1, 0.15) is 0 Å². The predicted octanol–water partition coefficient (Wildman–Crippen LogP) is 4.13. The van der Waals surface area contributed by atoms with Crippen molar-refractivity contribution in [3.63, 3.8) is 0 Å². The van der Waals surface area contributed by atoms with Gasteiger partial charge in [-0.2, -0.15) is 0 Å². The highest BCUT2D eigenvalue weighted by Gasteiger charge is 2.38. The van der Waals surface area contributed by atoms with Crippen LogP contribution in [0, 0.1) is 10.8 Å². The third-order valence-electron chi connectivity index (χ3n) is 5.97. The van der Waals surface area contributed by atoms with Gasteiger partial charge in [0, 0.05) is 25.9 Å². The van der Waals surface area contributed by atoms with Gasteiger partial charge in [0.05, 0.1) is 9.98 Å². The predicted molar refractivity (Wildman–Crippen MR) is 96.9 cm³/mol. The summed E-state index contributed by atoms with van der Waals surface area (Å²) >= 11 is 10.3. The third-order valence-corrected chi connectivity index (χ3v) is 6.55. The summed E-state index contributed by atoms with van der Waals surface area (Å²) in [5.41, 5.74) is 1.20. The van der Waals surface area contributed by atoms with Crippen LogP contribution in [0.4, 0.5) is 0 Å². The maximum Gasteiger partial charge on any atom is 0.0759 e. The average Bonchev–Trinajstić information content (AvgIpc) is 3.17. The van der Waals surface area contributed by atoms with Crippen molar-refractivity contribution in [1.82, 2.24) is 10.6 Å². The SMILES string of the molecule is S=C1CC2(CCCC2)CN1.S=C1CC2(CCCCC2)CN1. The van der Waals surface area contributed by atoms with E-state index < -0.39 is 0 Å². The van der Waals surface area contributed by atoms with Gasteiger partial charge < -0.3 is 10.6 Å². The van der Waals surface area contributed by atoms with Crippen LogP contribution in [0.2, 0.25) is 0 Å². The van der Waals surface area contributed by atoms with Crippen LogP contribution in [-0.2, 0) is 0 Å². The molecular formula is C17H28N2S2. The van der Waals surface area contributed by atoms with Crippen molar-refractivity contribution in [2.75, 3.05) is 13.1 Å². The van der Waals surface area contributed by atoms with Crippen LogP contribution in [0.15, 0.2) is 0 Å². The van der Waals surface area contributed by atoms with E-state index in [-0.39, 0.29) is 0 Å². The van der Waals surface area contributed by atoms with Crippen LogP contribution < -0.4 is 10.6 Å². The van der Waals surface area contributed by atoms with E-state index in [0.29, 0.717) is 10.8 Å². The van der Waals surface area contributed by atoms with Crippen molar-refractivity contribution >= 4 is 34.4 Å². The number of nitrogens with one attached hydrogen (secondary N) is 2. The molecule has 4 rings (SSSR count). The van der Waals surface area contributed by atoms with Crippen LogP contribution in [0.5, 0.6) is 0 Å². The first kappa shape index (κ1) is 15.7. The van der Waals surface area contributed by atoms with E-state index in [1.54, 1.807) is 0 Å². The van der Waals surface area contributed by atoms with E-state index in [0.717, 1.165) is 23.1 Å². The highest BCUT2D eigenvalue weighted by Crippen LogP contribution is 2.43. The third kappa shape index (κ3) is 3.76. The molecule has 2 N–H and O–H groups in total. The molecule has 0 atom stereocenters. The Morgan fingerprint density at radius 3 is 1.33 bits per heavy atom. The molecular weight excluding hydrogens is 296 g/mol. The molecule has 2 heterocycles. The van der Waals surface area contributed by atoms with Crippen molar-refractivity contribution in [3.05, 3.63) is 0 Å². The molecule has 2 aliphatic carbocycles. The van der Waals surface area contributed by atoms with Gasteiger partial charge in [0.2, 0.25) is 0 Å². The van der Waals surface area contributed by atoms with Gasteiger partial charge >= 0.3 is 0 Å². The molecule has 21 heavy (non-hydrogen) atoms. The van der Waals surface area contributed by atoms with Gasteiger partial charge in [-0.25, -0.2) is 0 Å². The lowest BCUT2D eigenvalue weighted by atomic mass is 9.74. The van der Waals surface area contributed by atoms with Crippen LogP contribution in [-0.4, -0.2) is 23.1 Å². The summed E-state index contributed by atoms with van der Waals surface area (Å²) in [7, 11) is 0. The lowest BCUT2D eigenvalue weighted by molar-refractivity contribution is 0.221. The van der Waals surface area contributed by atoms with E-state index in [1.807, 2.05) is 0 Å². The van der Waals surface area contributed by atoms with Gasteiger partial charge in [-0.15, -0.1) is 0 Å². The number of hydrogen-bond donors (Lipinski definition) is 2. The Kier molecular flexibility index (Phi) is 4.84. The average molecular weight is 325 g/mol. The van der Waals surface area contributed by atoms with Gasteiger partial charge in [-0.1, -0.05) is 56.5 Å². The standard InChI is InChI=1S/C9H15NS.C8H13NS/c11-8-6-9(7-10-8)4-2-1-3-5-9;10-7-5-8(6-9-7)3-1-2-4-8/h1-7H2,(H,10,11);1-6H2,(H,9,10). The molecule has 4 aliphatic rings. The Hall–Kier alpha value is -0.220. The maximum absolute atomic E-state index is 5.16. The molecule has 2 spiro atoms. The summed E-state index contributed by atoms with van der Waals surface area (Å²) in [4.78, 5) is 2.20. The van der Waals surface area contributed by atoms with Crippen molar-refractivity contribution in [2.24, 2.45) is 10.8 Å². The molecule has 0 unspecified atom stereocenters. The number of thiocarbonyl (C=S) groups is 2. The Morgan fingerprint density at radius 1 is 0.619 bits per heavy atom. The molecule has 118 valence electrons. The van der Waals surface area contributed by atoms with Crippen LogP contribution >= 0.6 is 24.4 Å². The zero-order valence-electron chi connectivity index (χ0n) is 13.0. The van der Waals surface area contributed by atoms with Gasteiger partial charge in [0.25, 0.3) is 0 Å². The van der Waals surface area contributed by atoms with E-state index in [4.69, 9.17) is 24.4 Å². The quantitative estimate of drug-likeness (QED) is 0.654. The van der Waals surface area contributed by atoms with E-state index in [1.165, 1.54) is 70.6 Å². The van der Waals surface area contributed by atoms with Crippen molar-refractivity contribution < 1.29 is 0 Å². The monoisotopic (exact) mass is 324 g/mol. The van der Waals surface area contributed by atoms with Crippen LogP contribution in [0.1, 0.15) is 70.6 Å². The second-order valence-electron chi connectivity index (χ2n) is 7.67. The highest BCUT2D eigenvalue weighted by atomic mass is 32.1. The topological polar surface area (TPSA) is 24.1 Å². The smallest absolute Gasteiger partial charge is 0.0759 e. The van der Waals surface area contributed by atoms with Gasteiger partial charge in [-0.3, -0.25) is 0 Å². The molecule has 0 amide bonds. The summed E-state index contributed by atoms with van der Waals surface area (Å²) in [5.74, 6) is 0. The van der Waals surface area contributed by atoms with E-state index in [2.05, 4.69) is 10.6 Å². The first-order chi connectivity index (χ1) is 10.1. The summed E-state index contributed by atoms with van der Waals surface area (Å²) in [6.07, 6.45) is 15.1. The minimum absolute atomic E-state index is 0.593. The molecule has 0 aromatic carbocycles. The summed E-state index contributed by atoms with van der Waals surface area (Å²) in [6, 6.07) is 0. The molecule has 0 aromatic rings. The Bertz CT molecular complexity index is 407. The zero-order chi connectivity index (χ0) is 14.8. The minimum Gasteiger partial charge on any atom is -0.379 e. The van der Waals surface area contributed by atoms with Crippen LogP contribution in [0.25, 0.3) is 0 Å². The molecule has 2 aliphatic heterocycles. The van der Waals surface area contributed by atoms with Gasteiger partial charge in [0.15, 0.2) is 0 Å². The zero-order valence-corrected chi connectivity index (χ0v) is 14.6. The molecule has 4 heteroatoms. The fourth-order valence-electron chi connectivity index (χ4n) is 4.64. The summed E-state index contributed by atoms with van der Waals surface area (Å²) in [5, 5.41) is 6.60. The highest BCUT2D eigenvalue weighted by molar-refractivity contribution is 7.80. The number of hydrogen-bond acceptors (Lipinski definition) is 2. The van der Waals surface area contributed by atoms with Crippen LogP contribution in [0.3, 0.4) is 0 Å². The lowest BCUT2D eigenvalue weighted by Gasteiger charge is -2.31. The minimum atomic E-state index is 0.593. The largest absolute Gasteiger partial charge is 0.379 e. The second kappa shape index (κ2) is 6.49.